The Kier molecular flexibility index (Phi) is 9.32. The summed E-state index contributed by atoms with van der Waals surface area (Å²) in [6.45, 7) is 10.6. The molecule has 4 N–H and O–H groups in total. The van der Waals surface area contributed by atoms with Crippen molar-refractivity contribution in [1.82, 2.24) is 24.8 Å². The maximum absolute atomic E-state index is 12.7. The summed E-state index contributed by atoms with van der Waals surface area (Å²) >= 11 is 0. The van der Waals surface area contributed by atoms with Crippen molar-refractivity contribution in [2.45, 2.75) is 70.0 Å². The van der Waals surface area contributed by atoms with Gasteiger partial charge in [-0.25, -0.2) is 9.97 Å². The molecule has 3 saturated heterocycles. The molecule has 1 aromatic carbocycles. The Balaban J connectivity index is 1.08. The molecule has 1 aliphatic carbocycles. The topological polar surface area (TPSA) is 125 Å². The highest BCUT2D eigenvalue weighted by atomic mass is 16.5. The van der Waals surface area contributed by atoms with Gasteiger partial charge < -0.3 is 26.0 Å². The monoisotopic (exact) mass is 625 g/mol. The van der Waals surface area contributed by atoms with Crippen LogP contribution in [0.15, 0.2) is 42.6 Å². The van der Waals surface area contributed by atoms with Gasteiger partial charge in [-0.05, 0) is 80.8 Å². The van der Waals surface area contributed by atoms with E-state index in [0.717, 1.165) is 44.1 Å². The van der Waals surface area contributed by atoms with Gasteiger partial charge in [0.1, 0.15) is 5.69 Å². The van der Waals surface area contributed by atoms with Crippen LogP contribution in [0.3, 0.4) is 0 Å². The highest BCUT2D eigenvalue weighted by molar-refractivity contribution is 5.97. The van der Waals surface area contributed by atoms with Crippen LogP contribution in [-0.4, -0.2) is 101 Å². The Hall–Kier alpha value is -3.80. The van der Waals surface area contributed by atoms with Gasteiger partial charge in [-0.1, -0.05) is 13.0 Å². The number of rotatable bonds is 10. The lowest BCUT2D eigenvalue weighted by molar-refractivity contribution is 0.0809. The average Bonchev–Trinajstić information content (AvgIpc) is 3.95. The Morgan fingerprint density at radius 3 is 2.24 bits per heavy atom. The molecule has 11 nitrogen and oxygen atoms in total. The smallest absolute Gasteiger partial charge is 0.271 e. The maximum atomic E-state index is 12.7. The second-order valence-corrected chi connectivity index (χ2v) is 13.1. The van der Waals surface area contributed by atoms with E-state index < -0.39 is 5.91 Å². The zero-order valence-corrected chi connectivity index (χ0v) is 27.0. The van der Waals surface area contributed by atoms with Crippen LogP contribution in [0.5, 0.6) is 0 Å². The number of piperidine rings is 1. The Bertz CT molecular complexity index is 1490. The highest BCUT2D eigenvalue weighted by Crippen LogP contribution is 2.33. The molecule has 0 radical (unpaired) electrons. The predicted molar refractivity (Wildman–Crippen MR) is 182 cm³/mol. The zero-order valence-electron chi connectivity index (χ0n) is 27.0. The number of pyridine rings is 1. The number of aromatic nitrogens is 3. The first-order valence-electron chi connectivity index (χ1n) is 17.2. The third-order valence-electron chi connectivity index (χ3n) is 10.1. The fourth-order valence-electron chi connectivity index (χ4n) is 7.28. The molecule has 1 amide bonds. The van der Waals surface area contributed by atoms with Crippen molar-refractivity contribution in [2.75, 3.05) is 68.0 Å². The Morgan fingerprint density at radius 2 is 1.61 bits per heavy atom. The van der Waals surface area contributed by atoms with Crippen LogP contribution in [0, 0.1) is 0 Å². The van der Waals surface area contributed by atoms with Crippen LogP contribution in [0.25, 0.3) is 11.4 Å². The quantitative estimate of drug-likeness (QED) is 0.301. The molecule has 7 rings (SSSR count). The molecule has 244 valence electrons. The number of benzene rings is 1. The van der Waals surface area contributed by atoms with E-state index in [9.17, 15) is 4.79 Å². The summed E-state index contributed by atoms with van der Waals surface area (Å²) in [5.41, 5.74) is 10.5. The second kappa shape index (κ2) is 13.9. The number of carbonyl (C=O) groups is 1. The molecule has 0 atom stereocenters. The first-order valence-corrected chi connectivity index (χ1v) is 17.2. The number of nitrogens with two attached hydrogens (primary N) is 1. The van der Waals surface area contributed by atoms with Gasteiger partial charge in [0.15, 0.2) is 17.3 Å². The molecule has 11 heteroatoms. The Morgan fingerprint density at radius 1 is 0.891 bits per heavy atom. The van der Waals surface area contributed by atoms with Crippen LogP contribution >= 0.6 is 0 Å². The van der Waals surface area contributed by atoms with E-state index in [-0.39, 0.29) is 11.7 Å². The summed E-state index contributed by atoms with van der Waals surface area (Å²) in [6.07, 6.45) is 9.54. The molecular formula is C35H47N9O2. The molecule has 4 fully saturated rings. The Labute approximate surface area is 271 Å². The molecule has 0 spiro atoms. The fourth-order valence-corrected chi connectivity index (χ4v) is 7.28. The van der Waals surface area contributed by atoms with Crippen LogP contribution < -0.4 is 21.3 Å². The zero-order chi connectivity index (χ0) is 31.5. The molecule has 0 unspecified atom stereocenters. The first kappa shape index (κ1) is 30.8. The lowest BCUT2D eigenvalue weighted by Crippen LogP contribution is -2.53. The van der Waals surface area contributed by atoms with Crippen molar-refractivity contribution in [3.63, 3.8) is 0 Å². The highest BCUT2D eigenvalue weighted by Gasteiger charge is 2.34. The van der Waals surface area contributed by atoms with E-state index in [1.165, 1.54) is 63.1 Å². The molecule has 4 aliphatic rings. The van der Waals surface area contributed by atoms with Crippen molar-refractivity contribution in [2.24, 2.45) is 5.73 Å². The van der Waals surface area contributed by atoms with E-state index in [1.54, 1.807) is 6.20 Å². The van der Waals surface area contributed by atoms with E-state index in [2.05, 4.69) is 55.4 Å². The van der Waals surface area contributed by atoms with Crippen molar-refractivity contribution < 1.29 is 9.53 Å². The van der Waals surface area contributed by atoms with Crippen molar-refractivity contribution in [3.05, 3.63) is 53.9 Å². The van der Waals surface area contributed by atoms with Crippen LogP contribution in [-0.2, 0) is 11.2 Å². The van der Waals surface area contributed by atoms with Crippen LogP contribution in [0.1, 0.15) is 61.5 Å². The summed E-state index contributed by atoms with van der Waals surface area (Å²) < 4.78 is 5.56. The fraction of sp³-hybridized carbons (Fsp3) is 0.543. The number of primary amides is 1. The largest absolute Gasteiger partial charge is 0.381 e. The van der Waals surface area contributed by atoms with Gasteiger partial charge in [0.2, 0.25) is 0 Å². The SMILES string of the molecule is CCc1cc(Nc2nc(NC3CCOCC3)c(-c3ccccn3)nc2C(N)=O)ccc1N1CCC(N2CCN(C3CC3)CC2)CC1. The van der Waals surface area contributed by atoms with E-state index in [1.807, 2.05) is 18.2 Å². The van der Waals surface area contributed by atoms with Crippen LogP contribution in [0.2, 0.25) is 0 Å². The molecule has 0 bridgehead atoms. The molecule has 5 heterocycles. The second-order valence-electron chi connectivity index (χ2n) is 13.1. The third kappa shape index (κ3) is 6.96. The van der Waals surface area contributed by atoms with Gasteiger partial charge in [-0.3, -0.25) is 19.6 Å². The van der Waals surface area contributed by atoms with E-state index in [4.69, 9.17) is 20.4 Å². The third-order valence-corrected chi connectivity index (χ3v) is 10.1. The number of nitrogens with one attached hydrogen (secondary N) is 2. The van der Waals surface area contributed by atoms with Gasteiger partial charge in [0, 0.05) is 88.2 Å². The summed E-state index contributed by atoms with van der Waals surface area (Å²) in [5, 5.41) is 6.95. The number of amides is 1. The summed E-state index contributed by atoms with van der Waals surface area (Å²) in [4.78, 5) is 34.8. The van der Waals surface area contributed by atoms with Gasteiger partial charge in [-0.15, -0.1) is 0 Å². The van der Waals surface area contributed by atoms with Crippen molar-refractivity contribution >= 4 is 28.9 Å². The number of carbonyl (C=O) groups excluding carboxylic acids is 1. The van der Waals surface area contributed by atoms with E-state index in [0.29, 0.717) is 42.3 Å². The summed E-state index contributed by atoms with van der Waals surface area (Å²) in [6, 6.07) is 13.8. The van der Waals surface area contributed by atoms with Gasteiger partial charge in [0.05, 0.1) is 5.69 Å². The molecule has 2 aromatic heterocycles. The maximum Gasteiger partial charge on any atom is 0.271 e. The number of aryl methyl sites for hydroxylation is 1. The predicted octanol–water partition coefficient (Wildman–Crippen LogP) is 4.28. The van der Waals surface area contributed by atoms with Crippen molar-refractivity contribution in [3.8, 4) is 11.4 Å². The minimum Gasteiger partial charge on any atom is -0.381 e. The van der Waals surface area contributed by atoms with Gasteiger partial charge in [-0.2, -0.15) is 0 Å². The average molecular weight is 626 g/mol. The number of anilines is 4. The molecule has 46 heavy (non-hydrogen) atoms. The lowest BCUT2D eigenvalue weighted by Gasteiger charge is -2.43. The van der Waals surface area contributed by atoms with Gasteiger partial charge in [0.25, 0.3) is 5.91 Å². The molecule has 3 aliphatic heterocycles. The molecular weight excluding hydrogens is 578 g/mol. The minimum absolute atomic E-state index is 0.0837. The number of hydrogen-bond acceptors (Lipinski definition) is 10. The van der Waals surface area contributed by atoms with Crippen LogP contribution in [0.4, 0.5) is 23.0 Å². The number of nitrogens with zero attached hydrogens (tertiary/aromatic N) is 6. The minimum atomic E-state index is -0.644. The normalized spacial score (nSPS) is 20.5. The van der Waals surface area contributed by atoms with Crippen molar-refractivity contribution in [1.29, 1.82) is 0 Å². The summed E-state index contributed by atoms with van der Waals surface area (Å²) in [7, 11) is 0. The lowest BCUT2D eigenvalue weighted by atomic mass is 9.99. The number of hydrogen-bond donors (Lipinski definition) is 3. The number of ether oxygens (including phenoxy) is 1. The number of piperazine rings is 1. The van der Waals surface area contributed by atoms with Gasteiger partial charge >= 0.3 is 0 Å². The standard InChI is InChI=1S/C35H47N9O2/c1-2-24-23-26(6-9-30(24)44-15-10-28(11-16-44)43-19-17-42(18-20-43)27-7-8-27)39-35-32(33(36)45)40-31(29-5-3-4-14-37-29)34(41-35)38-25-12-21-46-22-13-25/h3-6,9,14,23,25,27-28H,2,7-8,10-13,15-22H2,1H3,(H2,36,45)(H2,38,39,41). The summed E-state index contributed by atoms with van der Waals surface area (Å²) in [5.74, 6) is 0.260. The first-order chi connectivity index (χ1) is 22.6. The molecule has 3 aromatic rings. The van der Waals surface area contributed by atoms with E-state index >= 15 is 0 Å². The molecule has 1 saturated carbocycles.